The van der Waals surface area contributed by atoms with Gasteiger partial charge in [-0.1, -0.05) is 23.2 Å². The van der Waals surface area contributed by atoms with Gasteiger partial charge in [-0.05, 0) is 24.6 Å². The van der Waals surface area contributed by atoms with Gasteiger partial charge in [0, 0.05) is 42.7 Å². The van der Waals surface area contributed by atoms with E-state index in [4.69, 9.17) is 27.9 Å². The first kappa shape index (κ1) is 17.1. The lowest BCUT2D eigenvalue weighted by molar-refractivity contribution is 0.185. The molecule has 1 aromatic carbocycles. The van der Waals surface area contributed by atoms with Crippen LogP contribution in [0.5, 0.6) is 0 Å². The standard InChI is InChI=1S/C16H18Cl2N4O2/c1-24-10-11-6-12(17)2-3-15(11)20-16(23)21-5-4-14(9-21)22-8-13(18)7-19-22/h2-3,6-8,14H,4-5,9-10H2,1H3,(H,20,23). The largest absolute Gasteiger partial charge is 0.380 e. The van der Waals surface area contributed by atoms with E-state index in [0.717, 1.165) is 12.0 Å². The van der Waals surface area contributed by atoms with Crippen LogP contribution in [0, 0.1) is 0 Å². The summed E-state index contributed by atoms with van der Waals surface area (Å²) in [6.07, 6.45) is 4.23. The summed E-state index contributed by atoms with van der Waals surface area (Å²) in [5.74, 6) is 0. The predicted molar refractivity (Wildman–Crippen MR) is 93.6 cm³/mol. The molecule has 2 heterocycles. The quantitative estimate of drug-likeness (QED) is 0.892. The highest BCUT2D eigenvalue weighted by molar-refractivity contribution is 6.30. The van der Waals surface area contributed by atoms with Gasteiger partial charge in [0.1, 0.15) is 0 Å². The maximum atomic E-state index is 12.5. The summed E-state index contributed by atoms with van der Waals surface area (Å²) in [5, 5.41) is 8.36. The Kier molecular flexibility index (Phi) is 5.28. The number of rotatable bonds is 4. The Hall–Kier alpha value is -1.76. The number of aromatic nitrogens is 2. The number of carbonyl (C=O) groups is 1. The smallest absolute Gasteiger partial charge is 0.321 e. The first-order valence-electron chi connectivity index (χ1n) is 7.60. The van der Waals surface area contributed by atoms with E-state index >= 15 is 0 Å². The van der Waals surface area contributed by atoms with Crippen molar-refractivity contribution in [1.82, 2.24) is 14.7 Å². The van der Waals surface area contributed by atoms with Crippen molar-refractivity contribution in [3.63, 3.8) is 0 Å². The van der Waals surface area contributed by atoms with Crippen LogP contribution in [-0.2, 0) is 11.3 Å². The third kappa shape index (κ3) is 3.83. The molecule has 1 aliphatic rings. The molecule has 1 atom stereocenters. The number of hydrogen-bond acceptors (Lipinski definition) is 3. The second kappa shape index (κ2) is 7.42. The van der Waals surface area contributed by atoms with E-state index in [2.05, 4.69) is 10.4 Å². The normalized spacial score (nSPS) is 17.3. The zero-order valence-corrected chi connectivity index (χ0v) is 14.7. The Balaban J connectivity index is 1.66. The van der Waals surface area contributed by atoms with E-state index in [1.165, 1.54) is 0 Å². The van der Waals surface area contributed by atoms with Crippen LogP contribution >= 0.6 is 23.2 Å². The third-order valence-electron chi connectivity index (χ3n) is 4.00. The van der Waals surface area contributed by atoms with Crippen molar-refractivity contribution >= 4 is 34.9 Å². The van der Waals surface area contributed by atoms with E-state index in [1.807, 2.05) is 4.68 Å². The predicted octanol–water partition coefficient (Wildman–Crippen LogP) is 3.82. The molecule has 2 amide bonds. The van der Waals surface area contributed by atoms with E-state index in [0.29, 0.717) is 35.4 Å². The molecule has 0 radical (unpaired) electrons. The Bertz CT molecular complexity index is 735. The zero-order chi connectivity index (χ0) is 17.1. The monoisotopic (exact) mass is 368 g/mol. The molecular weight excluding hydrogens is 351 g/mol. The molecule has 3 rings (SSSR count). The van der Waals surface area contributed by atoms with E-state index < -0.39 is 0 Å². The summed E-state index contributed by atoms with van der Waals surface area (Å²) in [5.41, 5.74) is 1.55. The average molecular weight is 369 g/mol. The molecule has 128 valence electrons. The molecule has 8 heteroatoms. The SMILES string of the molecule is COCc1cc(Cl)ccc1NC(=O)N1CCC(n2cc(Cl)cn2)C1. The second-order valence-electron chi connectivity index (χ2n) is 5.69. The van der Waals surface area contributed by atoms with Crippen LogP contribution in [0.25, 0.3) is 0 Å². The molecule has 1 N–H and O–H groups in total. The molecule has 1 aromatic heterocycles. The Morgan fingerprint density at radius 1 is 1.42 bits per heavy atom. The molecule has 1 unspecified atom stereocenters. The maximum Gasteiger partial charge on any atom is 0.321 e. The lowest BCUT2D eigenvalue weighted by Crippen LogP contribution is -2.33. The van der Waals surface area contributed by atoms with Crippen molar-refractivity contribution in [2.75, 3.05) is 25.5 Å². The molecule has 24 heavy (non-hydrogen) atoms. The molecule has 6 nitrogen and oxygen atoms in total. The first-order chi connectivity index (χ1) is 11.6. The van der Waals surface area contributed by atoms with Gasteiger partial charge >= 0.3 is 6.03 Å². The Morgan fingerprint density at radius 2 is 2.25 bits per heavy atom. The number of nitrogens with one attached hydrogen (secondary N) is 1. The molecule has 1 fully saturated rings. The van der Waals surface area contributed by atoms with Gasteiger partial charge < -0.3 is 15.0 Å². The van der Waals surface area contributed by atoms with Gasteiger partial charge in [0.25, 0.3) is 0 Å². The fourth-order valence-electron chi connectivity index (χ4n) is 2.81. The van der Waals surface area contributed by atoms with Gasteiger partial charge in [0.15, 0.2) is 0 Å². The summed E-state index contributed by atoms with van der Waals surface area (Å²) < 4.78 is 6.97. The lowest BCUT2D eigenvalue weighted by Gasteiger charge is -2.19. The minimum absolute atomic E-state index is 0.143. The number of nitrogens with zero attached hydrogens (tertiary/aromatic N) is 3. The number of amides is 2. The van der Waals surface area contributed by atoms with Crippen LogP contribution in [-0.4, -0.2) is 40.9 Å². The van der Waals surface area contributed by atoms with Crippen molar-refractivity contribution in [2.24, 2.45) is 0 Å². The van der Waals surface area contributed by atoms with Gasteiger partial charge in [-0.15, -0.1) is 0 Å². The molecule has 0 spiro atoms. The molecular formula is C16H18Cl2N4O2. The van der Waals surface area contributed by atoms with Crippen LogP contribution in [0.4, 0.5) is 10.5 Å². The van der Waals surface area contributed by atoms with E-state index in [1.54, 1.807) is 42.6 Å². The van der Waals surface area contributed by atoms with Crippen molar-refractivity contribution in [3.8, 4) is 0 Å². The summed E-state index contributed by atoms with van der Waals surface area (Å²) in [6, 6.07) is 5.33. The van der Waals surface area contributed by atoms with Crippen LogP contribution < -0.4 is 5.32 Å². The highest BCUT2D eigenvalue weighted by Crippen LogP contribution is 2.25. The minimum atomic E-state index is -0.143. The number of ether oxygens (including phenoxy) is 1. The van der Waals surface area contributed by atoms with Crippen molar-refractivity contribution in [2.45, 2.75) is 19.1 Å². The molecule has 0 aliphatic carbocycles. The van der Waals surface area contributed by atoms with Crippen LogP contribution in [0.15, 0.2) is 30.6 Å². The summed E-state index contributed by atoms with van der Waals surface area (Å²) in [7, 11) is 1.60. The highest BCUT2D eigenvalue weighted by atomic mass is 35.5. The Morgan fingerprint density at radius 3 is 2.96 bits per heavy atom. The molecule has 0 saturated carbocycles. The second-order valence-corrected chi connectivity index (χ2v) is 6.56. The van der Waals surface area contributed by atoms with Gasteiger partial charge in [0.2, 0.25) is 0 Å². The average Bonchev–Trinajstić information content (AvgIpc) is 3.19. The Labute approximate surface area is 150 Å². The number of methoxy groups -OCH3 is 1. The number of anilines is 1. The van der Waals surface area contributed by atoms with Crippen LogP contribution in [0.3, 0.4) is 0 Å². The van der Waals surface area contributed by atoms with E-state index in [9.17, 15) is 4.79 Å². The lowest BCUT2D eigenvalue weighted by atomic mass is 10.2. The third-order valence-corrected chi connectivity index (χ3v) is 4.43. The molecule has 0 bridgehead atoms. The minimum Gasteiger partial charge on any atom is -0.380 e. The molecule has 1 aliphatic heterocycles. The van der Waals surface area contributed by atoms with Gasteiger partial charge in [0.05, 0.1) is 23.9 Å². The van der Waals surface area contributed by atoms with Crippen LogP contribution in [0.1, 0.15) is 18.0 Å². The van der Waals surface area contributed by atoms with Crippen molar-refractivity contribution in [3.05, 3.63) is 46.2 Å². The van der Waals surface area contributed by atoms with Gasteiger partial charge in [-0.25, -0.2) is 4.79 Å². The fraction of sp³-hybridized carbons (Fsp3) is 0.375. The topological polar surface area (TPSA) is 59.4 Å². The fourth-order valence-corrected chi connectivity index (χ4v) is 3.15. The summed E-state index contributed by atoms with van der Waals surface area (Å²) in [6.45, 7) is 1.64. The number of carbonyl (C=O) groups excluding carboxylic acids is 1. The number of hydrogen-bond donors (Lipinski definition) is 1. The number of benzene rings is 1. The molecule has 1 saturated heterocycles. The number of halogens is 2. The summed E-state index contributed by atoms with van der Waals surface area (Å²) in [4.78, 5) is 14.3. The van der Waals surface area contributed by atoms with Gasteiger partial charge in [-0.3, -0.25) is 4.68 Å². The number of likely N-dealkylation sites (tertiary alicyclic amines) is 1. The summed E-state index contributed by atoms with van der Waals surface area (Å²) >= 11 is 11.9. The van der Waals surface area contributed by atoms with E-state index in [-0.39, 0.29) is 12.1 Å². The van der Waals surface area contributed by atoms with Gasteiger partial charge in [-0.2, -0.15) is 5.10 Å². The maximum absolute atomic E-state index is 12.5. The zero-order valence-electron chi connectivity index (χ0n) is 13.2. The number of urea groups is 1. The van der Waals surface area contributed by atoms with Crippen molar-refractivity contribution in [1.29, 1.82) is 0 Å². The highest BCUT2D eigenvalue weighted by Gasteiger charge is 2.28. The molecule has 2 aromatic rings. The van der Waals surface area contributed by atoms with Crippen molar-refractivity contribution < 1.29 is 9.53 Å². The first-order valence-corrected chi connectivity index (χ1v) is 8.35. The van der Waals surface area contributed by atoms with Crippen LogP contribution in [0.2, 0.25) is 10.0 Å².